The maximum absolute atomic E-state index is 12.6. The summed E-state index contributed by atoms with van der Waals surface area (Å²) in [6.45, 7) is 7.70. The number of benzene rings is 1. The Hall–Kier alpha value is -2.33. The van der Waals surface area contributed by atoms with Gasteiger partial charge in [-0.2, -0.15) is 0 Å². The van der Waals surface area contributed by atoms with Crippen LogP contribution in [0.25, 0.3) is 6.08 Å². The Bertz CT molecular complexity index is 701. The van der Waals surface area contributed by atoms with Gasteiger partial charge < -0.3 is 9.64 Å². The van der Waals surface area contributed by atoms with E-state index in [2.05, 4.69) is 6.58 Å². The quantitative estimate of drug-likeness (QED) is 0.470. The normalized spacial score (nSPS) is 16.2. The van der Waals surface area contributed by atoms with Gasteiger partial charge in [0, 0.05) is 17.3 Å². The van der Waals surface area contributed by atoms with Gasteiger partial charge >= 0.3 is 5.97 Å². The molecule has 0 saturated carbocycles. The van der Waals surface area contributed by atoms with Crippen molar-refractivity contribution in [1.29, 1.82) is 0 Å². The molecule has 1 heterocycles. The standard InChI is InChI=1S/C18H18ClNO3/c1-4-10-20-12(3)16(18(22)23-5-2)15(17(20)21)11-13-6-8-14(19)9-7-13/h4,6-9,11H,1,5,10H2,2-3H3. The number of ether oxygens (including phenoxy) is 1. The molecule has 0 unspecified atom stereocenters. The van der Waals surface area contributed by atoms with Crippen LogP contribution in [0.15, 0.2) is 53.8 Å². The summed E-state index contributed by atoms with van der Waals surface area (Å²) in [5.74, 6) is -0.731. The third-order valence-electron chi connectivity index (χ3n) is 3.48. The van der Waals surface area contributed by atoms with E-state index in [-0.39, 0.29) is 12.5 Å². The van der Waals surface area contributed by atoms with Crippen molar-refractivity contribution in [3.8, 4) is 0 Å². The first-order chi connectivity index (χ1) is 11.0. The molecule has 0 spiro atoms. The summed E-state index contributed by atoms with van der Waals surface area (Å²) in [5.41, 5.74) is 1.99. The first kappa shape index (κ1) is 17.0. The Morgan fingerprint density at radius 2 is 2.00 bits per heavy atom. The van der Waals surface area contributed by atoms with Crippen LogP contribution >= 0.6 is 11.6 Å². The molecular weight excluding hydrogens is 314 g/mol. The van der Waals surface area contributed by atoms with Gasteiger partial charge in [-0.3, -0.25) is 4.79 Å². The molecule has 0 atom stereocenters. The maximum Gasteiger partial charge on any atom is 0.340 e. The minimum absolute atomic E-state index is 0.236. The predicted molar refractivity (Wildman–Crippen MR) is 90.7 cm³/mol. The summed E-state index contributed by atoms with van der Waals surface area (Å²) < 4.78 is 5.09. The Morgan fingerprint density at radius 1 is 1.35 bits per heavy atom. The van der Waals surface area contributed by atoms with E-state index in [0.717, 1.165) is 5.56 Å². The number of allylic oxidation sites excluding steroid dienone is 1. The van der Waals surface area contributed by atoms with E-state index >= 15 is 0 Å². The third kappa shape index (κ3) is 3.54. The number of hydrogen-bond donors (Lipinski definition) is 0. The summed E-state index contributed by atoms with van der Waals surface area (Å²) in [5, 5.41) is 0.607. The van der Waals surface area contributed by atoms with Gasteiger partial charge in [0.1, 0.15) is 0 Å². The minimum Gasteiger partial charge on any atom is -0.462 e. The average Bonchev–Trinajstić information content (AvgIpc) is 2.75. The monoisotopic (exact) mass is 331 g/mol. The Balaban J connectivity index is 2.50. The Labute approximate surface area is 140 Å². The van der Waals surface area contributed by atoms with Gasteiger partial charge in [0.25, 0.3) is 5.91 Å². The molecule has 1 aliphatic rings. The fourth-order valence-electron chi connectivity index (χ4n) is 2.40. The van der Waals surface area contributed by atoms with Gasteiger partial charge in [-0.05, 0) is 37.6 Å². The summed E-state index contributed by atoms with van der Waals surface area (Å²) in [6.07, 6.45) is 3.30. The molecule has 120 valence electrons. The van der Waals surface area contributed by atoms with Gasteiger partial charge in [0.15, 0.2) is 0 Å². The summed E-state index contributed by atoms with van der Waals surface area (Å²) in [6, 6.07) is 7.04. The first-order valence-corrected chi connectivity index (χ1v) is 7.65. The van der Waals surface area contributed by atoms with Crippen LogP contribution in [0.1, 0.15) is 19.4 Å². The van der Waals surface area contributed by atoms with Crippen molar-refractivity contribution in [2.45, 2.75) is 13.8 Å². The van der Waals surface area contributed by atoms with Crippen molar-refractivity contribution < 1.29 is 14.3 Å². The van der Waals surface area contributed by atoms with Crippen molar-refractivity contribution in [2.75, 3.05) is 13.2 Å². The van der Waals surface area contributed by atoms with Crippen molar-refractivity contribution in [3.05, 3.63) is 64.3 Å². The lowest BCUT2D eigenvalue weighted by Crippen LogP contribution is -2.24. The van der Waals surface area contributed by atoms with Crippen LogP contribution in [0.2, 0.25) is 5.02 Å². The zero-order chi connectivity index (χ0) is 17.0. The topological polar surface area (TPSA) is 46.6 Å². The minimum atomic E-state index is -0.495. The summed E-state index contributed by atoms with van der Waals surface area (Å²) in [7, 11) is 0. The molecule has 0 aliphatic carbocycles. The van der Waals surface area contributed by atoms with Crippen LogP contribution in [0.3, 0.4) is 0 Å². The van der Waals surface area contributed by atoms with E-state index < -0.39 is 5.97 Å². The van der Waals surface area contributed by atoms with Crippen molar-refractivity contribution in [3.63, 3.8) is 0 Å². The summed E-state index contributed by atoms with van der Waals surface area (Å²) >= 11 is 5.87. The Morgan fingerprint density at radius 3 is 2.57 bits per heavy atom. The average molecular weight is 332 g/mol. The molecule has 0 saturated heterocycles. The molecule has 1 aromatic carbocycles. The Kier molecular flexibility index (Phi) is 5.40. The van der Waals surface area contributed by atoms with Gasteiger partial charge in [-0.15, -0.1) is 6.58 Å². The molecule has 0 radical (unpaired) electrons. The predicted octanol–water partition coefficient (Wildman–Crippen LogP) is 3.59. The molecule has 1 aliphatic heterocycles. The van der Waals surface area contributed by atoms with Crippen LogP contribution in [-0.2, 0) is 14.3 Å². The second-order valence-corrected chi connectivity index (χ2v) is 5.43. The van der Waals surface area contributed by atoms with Gasteiger partial charge in [0.05, 0.1) is 17.8 Å². The molecule has 0 fully saturated rings. The second kappa shape index (κ2) is 7.29. The molecule has 2 rings (SSSR count). The van der Waals surface area contributed by atoms with E-state index in [1.165, 1.54) is 4.90 Å². The number of hydrogen-bond acceptors (Lipinski definition) is 3. The van der Waals surface area contributed by atoms with Crippen LogP contribution in [0.4, 0.5) is 0 Å². The lowest BCUT2D eigenvalue weighted by Gasteiger charge is -2.14. The van der Waals surface area contributed by atoms with E-state index in [4.69, 9.17) is 16.3 Å². The number of nitrogens with zero attached hydrogens (tertiary/aromatic N) is 1. The largest absolute Gasteiger partial charge is 0.462 e. The molecule has 0 N–H and O–H groups in total. The van der Waals surface area contributed by atoms with E-state index in [9.17, 15) is 9.59 Å². The molecule has 1 aromatic rings. The number of amides is 1. The fourth-order valence-corrected chi connectivity index (χ4v) is 2.53. The van der Waals surface area contributed by atoms with Crippen LogP contribution in [-0.4, -0.2) is 29.9 Å². The maximum atomic E-state index is 12.6. The lowest BCUT2D eigenvalue weighted by molar-refractivity contribution is -0.138. The molecule has 0 aromatic heterocycles. The van der Waals surface area contributed by atoms with Crippen LogP contribution < -0.4 is 0 Å². The van der Waals surface area contributed by atoms with Crippen molar-refractivity contribution in [2.24, 2.45) is 0 Å². The molecular formula is C18H18ClNO3. The van der Waals surface area contributed by atoms with Gasteiger partial charge in [-0.25, -0.2) is 4.79 Å². The van der Waals surface area contributed by atoms with Crippen molar-refractivity contribution >= 4 is 29.6 Å². The number of carbonyl (C=O) groups is 2. The number of rotatable bonds is 5. The molecule has 5 heteroatoms. The molecule has 4 nitrogen and oxygen atoms in total. The zero-order valence-electron chi connectivity index (χ0n) is 13.1. The van der Waals surface area contributed by atoms with Gasteiger partial charge in [0.2, 0.25) is 0 Å². The number of esters is 1. The molecule has 1 amide bonds. The van der Waals surface area contributed by atoms with E-state index in [0.29, 0.717) is 28.4 Å². The van der Waals surface area contributed by atoms with E-state index in [1.54, 1.807) is 50.3 Å². The first-order valence-electron chi connectivity index (χ1n) is 7.28. The number of halogens is 1. The van der Waals surface area contributed by atoms with Crippen LogP contribution in [0, 0.1) is 0 Å². The fraction of sp³-hybridized carbons (Fsp3) is 0.222. The highest BCUT2D eigenvalue weighted by Gasteiger charge is 2.36. The van der Waals surface area contributed by atoms with Crippen molar-refractivity contribution in [1.82, 2.24) is 4.90 Å². The second-order valence-electron chi connectivity index (χ2n) is 4.99. The third-order valence-corrected chi connectivity index (χ3v) is 3.74. The smallest absolute Gasteiger partial charge is 0.340 e. The van der Waals surface area contributed by atoms with Gasteiger partial charge in [-0.1, -0.05) is 29.8 Å². The zero-order valence-corrected chi connectivity index (χ0v) is 13.9. The summed E-state index contributed by atoms with van der Waals surface area (Å²) in [4.78, 5) is 26.4. The SMILES string of the molecule is C=CCN1C(=O)C(=Cc2ccc(Cl)cc2)C(C(=O)OCC)=C1C. The molecule has 0 bridgehead atoms. The van der Waals surface area contributed by atoms with Crippen LogP contribution in [0.5, 0.6) is 0 Å². The molecule has 23 heavy (non-hydrogen) atoms. The highest BCUT2D eigenvalue weighted by Crippen LogP contribution is 2.31. The lowest BCUT2D eigenvalue weighted by atomic mass is 10.0. The van der Waals surface area contributed by atoms with E-state index in [1.807, 2.05) is 0 Å². The number of carbonyl (C=O) groups excluding carboxylic acids is 2. The highest BCUT2D eigenvalue weighted by atomic mass is 35.5. The highest BCUT2D eigenvalue weighted by molar-refractivity contribution is 6.30.